The van der Waals surface area contributed by atoms with Crippen LogP contribution in [0.2, 0.25) is 0 Å². The topological polar surface area (TPSA) is 83.7 Å². The van der Waals surface area contributed by atoms with Gasteiger partial charge in [0.15, 0.2) is 9.84 Å². The van der Waals surface area contributed by atoms with Crippen LogP contribution in [0.1, 0.15) is 19.8 Å². The number of nitrogens with two attached hydrogens (primary N) is 1. The van der Waals surface area contributed by atoms with Crippen LogP contribution in [0.5, 0.6) is 0 Å². The van der Waals surface area contributed by atoms with E-state index in [2.05, 4.69) is 11.8 Å². The minimum absolute atomic E-state index is 0.00905. The van der Waals surface area contributed by atoms with Crippen molar-refractivity contribution in [1.82, 2.24) is 9.80 Å². The van der Waals surface area contributed by atoms with Gasteiger partial charge in [0.25, 0.3) is 0 Å². The van der Waals surface area contributed by atoms with Gasteiger partial charge in [-0.25, -0.2) is 8.42 Å². The molecule has 0 aromatic carbocycles. The van der Waals surface area contributed by atoms with Crippen LogP contribution in [0.15, 0.2) is 0 Å². The van der Waals surface area contributed by atoms with Crippen LogP contribution < -0.4 is 5.73 Å². The third kappa shape index (κ3) is 3.71. The van der Waals surface area contributed by atoms with Crippen LogP contribution in [-0.4, -0.2) is 74.4 Å². The summed E-state index contributed by atoms with van der Waals surface area (Å²) in [5.41, 5.74) is 5.97. The van der Waals surface area contributed by atoms with Crippen LogP contribution in [0.3, 0.4) is 0 Å². The molecule has 2 aliphatic heterocycles. The van der Waals surface area contributed by atoms with Crippen LogP contribution >= 0.6 is 0 Å². The van der Waals surface area contributed by atoms with Crippen LogP contribution in [0, 0.1) is 5.92 Å². The van der Waals surface area contributed by atoms with Gasteiger partial charge in [-0.1, -0.05) is 6.92 Å². The number of amides is 1. The largest absolute Gasteiger partial charge is 0.341 e. The molecule has 2 heterocycles. The molecule has 0 spiro atoms. The number of carbonyl (C=O) groups is 1. The number of rotatable bonds is 3. The summed E-state index contributed by atoms with van der Waals surface area (Å²) in [7, 11) is -1.23. The van der Waals surface area contributed by atoms with Crippen molar-refractivity contribution in [1.29, 1.82) is 0 Å². The minimum Gasteiger partial charge on any atom is -0.341 e. The van der Waals surface area contributed by atoms with Crippen LogP contribution in [0.25, 0.3) is 0 Å². The molecular formula is C13H25N3O3S. The zero-order chi connectivity index (χ0) is 14.9. The molecule has 2 N–H and O–H groups in total. The van der Waals surface area contributed by atoms with E-state index in [1.165, 1.54) is 0 Å². The first-order valence-corrected chi connectivity index (χ1v) is 9.04. The Balaban J connectivity index is 1.86. The lowest BCUT2D eigenvalue weighted by molar-refractivity contribution is -0.133. The van der Waals surface area contributed by atoms with Crippen molar-refractivity contribution in [2.45, 2.75) is 31.8 Å². The first-order valence-electron chi connectivity index (χ1n) is 7.22. The van der Waals surface area contributed by atoms with Gasteiger partial charge in [0.2, 0.25) is 5.91 Å². The molecule has 2 saturated heterocycles. The number of hydrogen-bond acceptors (Lipinski definition) is 5. The second kappa shape index (κ2) is 5.99. The molecule has 2 rings (SSSR count). The Morgan fingerprint density at radius 2 is 2.10 bits per heavy atom. The first kappa shape index (κ1) is 15.7. The fourth-order valence-electron chi connectivity index (χ4n) is 2.98. The quantitative estimate of drug-likeness (QED) is 0.745. The summed E-state index contributed by atoms with van der Waals surface area (Å²) in [5, 5.41) is 0. The summed E-state index contributed by atoms with van der Waals surface area (Å²) in [6.07, 6.45) is 1.47. The Kier molecular flexibility index (Phi) is 4.71. The molecule has 2 aliphatic rings. The number of likely N-dealkylation sites (N-methyl/N-ethyl adjacent to an activating group) is 1. The molecule has 1 amide bonds. The normalized spacial score (nSPS) is 34.0. The third-order valence-electron chi connectivity index (χ3n) is 4.56. The second-order valence-corrected chi connectivity index (χ2v) is 8.46. The molecular weight excluding hydrogens is 278 g/mol. The highest BCUT2D eigenvalue weighted by Gasteiger charge is 2.33. The number of likely N-dealkylation sites (tertiary alicyclic amines) is 1. The van der Waals surface area contributed by atoms with Gasteiger partial charge in [0.05, 0.1) is 18.1 Å². The lowest BCUT2D eigenvalue weighted by Crippen LogP contribution is -2.50. The molecule has 3 atom stereocenters. The van der Waals surface area contributed by atoms with Crippen molar-refractivity contribution in [3.63, 3.8) is 0 Å². The molecule has 116 valence electrons. The lowest BCUT2D eigenvalue weighted by Gasteiger charge is -2.36. The van der Waals surface area contributed by atoms with Crippen molar-refractivity contribution in [3.8, 4) is 0 Å². The highest BCUT2D eigenvalue weighted by atomic mass is 32.2. The van der Waals surface area contributed by atoms with E-state index in [-0.39, 0.29) is 29.5 Å². The Labute approximate surface area is 121 Å². The fourth-order valence-corrected chi connectivity index (χ4v) is 4.76. The van der Waals surface area contributed by atoms with E-state index in [0.717, 1.165) is 19.5 Å². The zero-order valence-electron chi connectivity index (χ0n) is 12.3. The molecule has 0 aromatic heterocycles. The van der Waals surface area contributed by atoms with Gasteiger partial charge in [0.1, 0.15) is 0 Å². The first-order chi connectivity index (χ1) is 9.28. The van der Waals surface area contributed by atoms with E-state index in [1.54, 1.807) is 11.9 Å². The fraction of sp³-hybridized carbons (Fsp3) is 0.923. The Morgan fingerprint density at radius 1 is 1.40 bits per heavy atom. The number of nitrogens with zero attached hydrogens (tertiary/aromatic N) is 2. The van der Waals surface area contributed by atoms with Crippen LogP contribution in [0.4, 0.5) is 0 Å². The maximum absolute atomic E-state index is 12.3. The molecule has 7 heteroatoms. The minimum atomic E-state index is -2.95. The third-order valence-corrected chi connectivity index (χ3v) is 6.31. The van der Waals surface area contributed by atoms with E-state index in [4.69, 9.17) is 5.73 Å². The van der Waals surface area contributed by atoms with E-state index in [1.807, 2.05) is 0 Å². The van der Waals surface area contributed by atoms with E-state index in [0.29, 0.717) is 18.9 Å². The second-order valence-electron chi connectivity index (χ2n) is 6.23. The van der Waals surface area contributed by atoms with Crippen molar-refractivity contribution in [3.05, 3.63) is 0 Å². The van der Waals surface area contributed by atoms with Crippen molar-refractivity contribution in [2.75, 3.05) is 38.2 Å². The number of hydrogen-bond donors (Lipinski definition) is 1. The SMILES string of the molecule is CC1CN(CC(=O)N(C)C2CCS(=O)(=O)C2)CCC1N. The molecule has 20 heavy (non-hydrogen) atoms. The van der Waals surface area contributed by atoms with E-state index < -0.39 is 9.84 Å². The number of sulfone groups is 1. The highest BCUT2D eigenvalue weighted by molar-refractivity contribution is 7.91. The highest BCUT2D eigenvalue weighted by Crippen LogP contribution is 2.18. The molecule has 0 aliphatic carbocycles. The van der Waals surface area contributed by atoms with E-state index >= 15 is 0 Å². The summed E-state index contributed by atoms with van der Waals surface area (Å²) < 4.78 is 22.9. The molecule has 3 unspecified atom stereocenters. The molecule has 6 nitrogen and oxygen atoms in total. The van der Waals surface area contributed by atoms with Gasteiger partial charge in [0, 0.05) is 32.2 Å². The molecule has 0 aromatic rings. The summed E-state index contributed by atoms with van der Waals surface area (Å²) in [6, 6.07) is 0.0658. The standard InChI is InChI=1S/C13H25N3O3S/c1-10-7-16(5-3-12(10)14)8-13(17)15(2)11-4-6-20(18,19)9-11/h10-12H,3-9,14H2,1-2H3. The Hall–Kier alpha value is -0.660. The van der Waals surface area contributed by atoms with Gasteiger partial charge >= 0.3 is 0 Å². The molecule has 0 bridgehead atoms. The zero-order valence-corrected chi connectivity index (χ0v) is 13.1. The predicted octanol–water partition coefficient (Wildman–Crippen LogP) is -0.699. The molecule has 0 radical (unpaired) electrons. The smallest absolute Gasteiger partial charge is 0.236 e. The summed E-state index contributed by atoms with van der Waals surface area (Å²) in [6.45, 7) is 4.15. The van der Waals surface area contributed by atoms with Gasteiger partial charge in [-0.15, -0.1) is 0 Å². The van der Waals surface area contributed by atoms with Gasteiger partial charge < -0.3 is 10.6 Å². The van der Waals surface area contributed by atoms with Crippen molar-refractivity contribution < 1.29 is 13.2 Å². The maximum atomic E-state index is 12.3. The van der Waals surface area contributed by atoms with Gasteiger partial charge in [-0.05, 0) is 18.8 Å². The molecule has 0 saturated carbocycles. The Morgan fingerprint density at radius 3 is 2.65 bits per heavy atom. The lowest BCUT2D eigenvalue weighted by atomic mass is 9.95. The average Bonchev–Trinajstić information content (AvgIpc) is 2.73. The maximum Gasteiger partial charge on any atom is 0.236 e. The Bertz CT molecular complexity index is 465. The van der Waals surface area contributed by atoms with Gasteiger partial charge in [-0.3, -0.25) is 9.69 Å². The van der Waals surface area contributed by atoms with Crippen molar-refractivity contribution >= 4 is 15.7 Å². The predicted molar refractivity (Wildman–Crippen MR) is 78.0 cm³/mol. The average molecular weight is 303 g/mol. The summed E-state index contributed by atoms with van der Waals surface area (Å²) in [4.78, 5) is 16.0. The van der Waals surface area contributed by atoms with Crippen LogP contribution in [-0.2, 0) is 14.6 Å². The molecule has 2 fully saturated rings. The number of piperidine rings is 1. The summed E-state index contributed by atoms with van der Waals surface area (Å²) >= 11 is 0. The summed E-state index contributed by atoms with van der Waals surface area (Å²) in [5.74, 6) is 0.713. The van der Waals surface area contributed by atoms with Gasteiger partial charge in [-0.2, -0.15) is 0 Å². The number of carbonyl (C=O) groups excluding carboxylic acids is 1. The monoisotopic (exact) mass is 303 g/mol. The van der Waals surface area contributed by atoms with Crippen molar-refractivity contribution in [2.24, 2.45) is 11.7 Å². The van der Waals surface area contributed by atoms with E-state index in [9.17, 15) is 13.2 Å².